The molecule has 0 heterocycles. The fourth-order valence-electron chi connectivity index (χ4n) is 3.34. The molecule has 0 aliphatic heterocycles. The van der Waals surface area contributed by atoms with Gasteiger partial charge < -0.3 is 0 Å². The molecule has 0 N–H and O–H groups in total. The van der Waals surface area contributed by atoms with Crippen LogP contribution in [0.2, 0.25) is 0 Å². The van der Waals surface area contributed by atoms with Crippen LogP contribution in [0.15, 0.2) is 76.9 Å². The van der Waals surface area contributed by atoms with Crippen LogP contribution in [-0.2, 0) is 12.8 Å². The maximum absolute atomic E-state index is 14.6. The molecule has 0 atom stereocenters. The summed E-state index contributed by atoms with van der Waals surface area (Å²) in [5, 5.41) is 8.23. The lowest BCUT2D eigenvalue weighted by molar-refractivity contribution is 0.631. The number of aryl methyl sites for hydroxylation is 2. The van der Waals surface area contributed by atoms with E-state index in [-0.39, 0.29) is 5.82 Å². The van der Waals surface area contributed by atoms with Crippen molar-refractivity contribution >= 4 is 12.4 Å². The summed E-state index contributed by atoms with van der Waals surface area (Å²) in [5.41, 5.74) is 5.78. The minimum Gasteiger partial charge on any atom is -0.206 e. The van der Waals surface area contributed by atoms with Crippen LogP contribution in [0.4, 0.5) is 4.39 Å². The van der Waals surface area contributed by atoms with E-state index in [1.54, 1.807) is 18.5 Å². The molecule has 0 unspecified atom stereocenters. The van der Waals surface area contributed by atoms with E-state index < -0.39 is 0 Å². The molecule has 0 spiro atoms. The summed E-state index contributed by atoms with van der Waals surface area (Å²) in [5.74, 6) is -0.255. The highest BCUT2D eigenvalue weighted by Crippen LogP contribution is 2.24. The van der Waals surface area contributed by atoms with Gasteiger partial charge in [-0.1, -0.05) is 87.4 Å². The Hall–Kier alpha value is -3.07. The lowest BCUT2D eigenvalue weighted by Gasteiger charge is -2.06. The molecule has 0 radical (unpaired) electrons. The number of nitrogens with zero attached hydrogens (tertiary/aromatic N) is 2. The van der Waals surface area contributed by atoms with Crippen LogP contribution in [0.5, 0.6) is 0 Å². The molecular weight excluding hydrogens is 359 g/mol. The quantitative estimate of drug-likeness (QED) is 0.299. The van der Waals surface area contributed by atoms with Gasteiger partial charge in [0.05, 0.1) is 12.4 Å². The van der Waals surface area contributed by atoms with Crippen molar-refractivity contribution < 1.29 is 4.39 Å². The van der Waals surface area contributed by atoms with Crippen LogP contribution in [0.1, 0.15) is 48.9 Å². The largest absolute Gasteiger partial charge is 0.206 e. The number of rotatable bonds is 8. The lowest BCUT2D eigenvalue weighted by atomic mass is 10.0. The topological polar surface area (TPSA) is 24.7 Å². The molecule has 0 aromatic heterocycles. The summed E-state index contributed by atoms with van der Waals surface area (Å²) in [7, 11) is 0. The molecule has 0 amide bonds. The van der Waals surface area contributed by atoms with Crippen molar-refractivity contribution in [2.24, 2.45) is 10.2 Å². The second-order valence-corrected chi connectivity index (χ2v) is 7.12. The van der Waals surface area contributed by atoms with Crippen molar-refractivity contribution in [3.63, 3.8) is 0 Å². The molecule has 0 fully saturated rings. The van der Waals surface area contributed by atoms with E-state index in [2.05, 4.69) is 42.2 Å². The van der Waals surface area contributed by atoms with E-state index >= 15 is 0 Å². The monoisotopic (exact) mass is 386 g/mol. The van der Waals surface area contributed by atoms with Crippen LogP contribution in [0.25, 0.3) is 11.1 Å². The predicted octanol–water partition coefficient (Wildman–Crippen LogP) is 6.85. The summed E-state index contributed by atoms with van der Waals surface area (Å²) in [6.45, 7) is 4.31. The number of benzene rings is 3. The molecular formula is C26H27FN2. The Kier molecular flexibility index (Phi) is 7.46. The molecule has 29 heavy (non-hydrogen) atoms. The molecule has 0 saturated carbocycles. The van der Waals surface area contributed by atoms with E-state index in [1.165, 1.54) is 17.2 Å². The van der Waals surface area contributed by atoms with Crippen LogP contribution in [0, 0.1) is 5.82 Å². The second kappa shape index (κ2) is 10.5. The van der Waals surface area contributed by atoms with E-state index in [9.17, 15) is 4.39 Å². The molecule has 0 aliphatic rings. The molecule has 148 valence electrons. The molecule has 0 aliphatic carbocycles. The Morgan fingerprint density at radius 2 is 1.52 bits per heavy atom. The standard InChI is InChI=1S/C26H27FN2/c1-3-7-20-11-14-23(15-12-20)25-16-13-21(17-26(25)27)18-28-29-19-24-10-6-5-9-22(24)8-4-2/h5-6,9-19H,3-4,7-8H2,1-2H3. The lowest BCUT2D eigenvalue weighted by Crippen LogP contribution is -1.92. The van der Waals surface area contributed by atoms with Crippen LogP contribution in [0.3, 0.4) is 0 Å². The first-order valence-electron chi connectivity index (χ1n) is 10.2. The van der Waals surface area contributed by atoms with E-state index in [0.29, 0.717) is 11.1 Å². The highest BCUT2D eigenvalue weighted by Gasteiger charge is 2.06. The normalized spacial score (nSPS) is 11.6. The van der Waals surface area contributed by atoms with Gasteiger partial charge in [0.25, 0.3) is 0 Å². The van der Waals surface area contributed by atoms with E-state index in [1.807, 2.05) is 36.4 Å². The van der Waals surface area contributed by atoms with Crippen molar-refractivity contribution in [3.05, 3.63) is 94.8 Å². The van der Waals surface area contributed by atoms with Gasteiger partial charge in [0.2, 0.25) is 0 Å². The summed E-state index contributed by atoms with van der Waals surface area (Å²) < 4.78 is 14.6. The van der Waals surface area contributed by atoms with Gasteiger partial charge in [-0.3, -0.25) is 0 Å². The molecule has 2 nitrogen and oxygen atoms in total. The van der Waals surface area contributed by atoms with Gasteiger partial charge in [-0.05, 0) is 46.7 Å². The third-order valence-corrected chi connectivity index (χ3v) is 4.84. The van der Waals surface area contributed by atoms with Gasteiger partial charge in [-0.25, -0.2) is 4.39 Å². The van der Waals surface area contributed by atoms with E-state index in [0.717, 1.165) is 36.8 Å². The first-order valence-corrected chi connectivity index (χ1v) is 10.2. The minimum absolute atomic E-state index is 0.255. The van der Waals surface area contributed by atoms with Crippen molar-refractivity contribution in [1.82, 2.24) is 0 Å². The summed E-state index contributed by atoms with van der Waals surface area (Å²) in [6.07, 6.45) is 7.58. The molecule has 3 aromatic rings. The highest BCUT2D eigenvalue weighted by atomic mass is 19.1. The highest BCUT2D eigenvalue weighted by molar-refractivity contribution is 5.84. The van der Waals surface area contributed by atoms with Crippen molar-refractivity contribution in [1.29, 1.82) is 0 Å². The average Bonchev–Trinajstić information content (AvgIpc) is 2.74. The molecule has 3 rings (SSSR count). The Balaban J connectivity index is 1.70. The van der Waals surface area contributed by atoms with Crippen LogP contribution < -0.4 is 0 Å². The first kappa shape index (κ1) is 20.7. The summed E-state index contributed by atoms with van der Waals surface area (Å²) in [4.78, 5) is 0. The Morgan fingerprint density at radius 1 is 0.793 bits per heavy atom. The number of hydrogen-bond donors (Lipinski definition) is 0. The zero-order chi connectivity index (χ0) is 20.5. The van der Waals surface area contributed by atoms with E-state index in [4.69, 9.17) is 0 Å². The molecule has 3 aromatic carbocycles. The third kappa shape index (κ3) is 5.71. The predicted molar refractivity (Wildman–Crippen MR) is 121 cm³/mol. The third-order valence-electron chi connectivity index (χ3n) is 4.84. The van der Waals surface area contributed by atoms with Gasteiger partial charge in [0, 0.05) is 5.56 Å². The minimum atomic E-state index is -0.255. The Morgan fingerprint density at radius 3 is 2.24 bits per heavy atom. The van der Waals surface area contributed by atoms with Gasteiger partial charge >= 0.3 is 0 Å². The maximum Gasteiger partial charge on any atom is 0.131 e. The van der Waals surface area contributed by atoms with Gasteiger partial charge in [-0.2, -0.15) is 10.2 Å². The SMILES string of the molecule is CCCc1ccc(-c2ccc(C=NN=Cc3ccccc3CCC)cc2F)cc1. The van der Waals surface area contributed by atoms with Crippen LogP contribution in [-0.4, -0.2) is 12.4 Å². The Bertz CT molecular complexity index is 988. The first-order chi connectivity index (χ1) is 14.2. The van der Waals surface area contributed by atoms with Gasteiger partial charge in [-0.15, -0.1) is 0 Å². The second-order valence-electron chi connectivity index (χ2n) is 7.12. The van der Waals surface area contributed by atoms with Crippen molar-refractivity contribution in [2.75, 3.05) is 0 Å². The zero-order valence-corrected chi connectivity index (χ0v) is 17.1. The fraction of sp³-hybridized carbons (Fsp3) is 0.231. The van der Waals surface area contributed by atoms with Gasteiger partial charge in [0.1, 0.15) is 5.82 Å². The number of hydrogen-bond acceptors (Lipinski definition) is 2. The summed E-state index contributed by atoms with van der Waals surface area (Å²) >= 11 is 0. The fourth-order valence-corrected chi connectivity index (χ4v) is 3.34. The maximum atomic E-state index is 14.6. The molecule has 3 heteroatoms. The molecule has 0 bridgehead atoms. The average molecular weight is 387 g/mol. The number of halogens is 1. The van der Waals surface area contributed by atoms with Crippen molar-refractivity contribution in [3.8, 4) is 11.1 Å². The molecule has 0 saturated heterocycles. The zero-order valence-electron chi connectivity index (χ0n) is 17.1. The van der Waals surface area contributed by atoms with Crippen LogP contribution >= 0.6 is 0 Å². The van der Waals surface area contributed by atoms with Crippen molar-refractivity contribution in [2.45, 2.75) is 39.5 Å². The summed E-state index contributed by atoms with van der Waals surface area (Å²) in [6, 6.07) is 21.4. The Labute approximate surface area is 172 Å². The smallest absolute Gasteiger partial charge is 0.131 e. The van der Waals surface area contributed by atoms with Gasteiger partial charge in [0.15, 0.2) is 0 Å².